The zero-order valence-corrected chi connectivity index (χ0v) is 13.0. The van der Waals surface area contributed by atoms with Gasteiger partial charge in [-0.25, -0.2) is 4.98 Å². The van der Waals surface area contributed by atoms with Crippen LogP contribution in [0.25, 0.3) is 0 Å². The fraction of sp³-hybridized carbons (Fsp3) is 0.562. The maximum absolute atomic E-state index is 4.39. The highest BCUT2D eigenvalue weighted by Crippen LogP contribution is 2.29. The van der Waals surface area contributed by atoms with Crippen molar-refractivity contribution >= 4 is 11.3 Å². The van der Waals surface area contributed by atoms with Gasteiger partial charge in [0.2, 0.25) is 0 Å². The van der Waals surface area contributed by atoms with Crippen molar-refractivity contribution in [2.45, 2.75) is 51.2 Å². The van der Waals surface area contributed by atoms with Gasteiger partial charge in [-0.15, -0.1) is 0 Å². The molecular weight excluding hydrogens is 266 g/mol. The first-order chi connectivity index (χ1) is 9.83. The number of hydrogen-bond acceptors (Lipinski definition) is 3. The predicted octanol–water partition coefficient (Wildman–Crippen LogP) is 4.08. The van der Waals surface area contributed by atoms with E-state index in [9.17, 15) is 0 Å². The van der Waals surface area contributed by atoms with Crippen LogP contribution < -0.4 is 0 Å². The molecule has 0 bridgehead atoms. The SMILES string of the molecule is CN(Cc1ccsc1)Cc1cncn1C1CCCCC1. The average Bonchev–Trinajstić information content (AvgIpc) is 3.11. The number of hydrogen-bond donors (Lipinski definition) is 0. The lowest BCUT2D eigenvalue weighted by atomic mass is 9.95. The van der Waals surface area contributed by atoms with E-state index in [4.69, 9.17) is 0 Å². The van der Waals surface area contributed by atoms with Crippen molar-refractivity contribution < 1.29 is 0 Å². The van der Waals surface area contributed by atoms with Crippen LogP contribution in [0.5, 0.6) is 0 Å². The largest absolute Gasteiger partial charge is 0.330 e. The number of imidazole rings is 1. The van der Waals surface area contributed by atoms with Crippen molar-refractivity contribution in [3.63, 3.8) is 0 Å². The van der Waals surface area contributed by atoms with Crippen LogP contribution in [-0.2, 0) is 13.1 Å². The molecule has 108 valence electrons. The minimum atomic E-state index is 0.677. The lowest BCUT2D eigenvalue weighted by molar-refractivity contribution is 0.291. The Hall–Kier alpha value is -1.13. The molecule has 3 nitrogen and oxygen atoms in total. The molecular formula is C16H23N3S. The van der Waals surface area contributed by atoms with E-state index in [1.165, 1.54) is 43.4 Å². The molecule has 0 saturated heterocycles. The Morgan fingerprint density at radius 3 is 2.90 bits per heavy atom. The van der Waals surface area contributed by atoms with Crippen LogP contribution >= 0.6 is 11.3 Å². The molecule has 0 N–H and O–H groups in total. The van der Waals surface area contributed by atoms with E-state index in [-0.39, 0.29) is 0 Å². The minimum Gasteiger partial charge on any atom is -0.330 e. The smallest absolute Gasteiger partial charge is 0.0951 e. The van der Waals surface area contributed by atoms with E-state index in [2.05, 4.69) is 38.3 Å². The Bertz CT molecular complexity index is 512. The van der Waals surface area contributed by atoms with Gasteiger partial charge in [0, 0.05) is 25.3 Å². The van der Waals surface area contributed by atoms with Crippen molar-refractivity contribution in [2.75, 3.05) is 7.05 Å². The van der Waals surface area contributed by atoms with Gasteiger partial charge < -0.3 is 4.57 Å². The average molecular weight is 289 g/mol. The molecule has 4 heteroatoms. The summed E-state index contributed by atoms with van der Waals surface area (Å²) in [6, 6.07) is 2.88. The summed E-state index contributed by atoms with van der Waals surface area (Å²) in [4.78, 5) is 6.76. The standard InChI is InChI=1S/C16H23N3S/c1-18(10-14-7-8-20-12-14)11-16-9-17-13-19(16)15-5-3-2-4-6-15/h7-9,12-13,15H,2-6,10-11H2,1H3. The van der Waals surface area contributed by atoms with Crippen LogP contribution in [0.2, 0.25) is 0 Å². The maximum atomic E-state index is 4.39. The highest BCUT2D eigenvalue weighted by Gasteiger charge is 2.18. The van der Waals surface area contributed by atoms with Crippen LogP contribution in [0, 0.1) is 0 Å². The van der Waals surface area contributed by atoms with Crippen molar-refractivity contribution in [1.29, 1.82) is 0 Å². The summed E-state index contributed by atoms with van der Waals surface area (Å²) in [5, 5.41) is 4.38. The normalized spacial score (nSPS) is 16.9. The van der Waals surface area contributed by atoms with Crippen LogP contribution in [0.4, 0.5) is 0 Å². The summed E-state index contributed by atoms with van der Waals surface area (Å²) in [6.45, 7) is 1.99. The second-order valence-corrected chi connectivity index (χ2v) is 6.67. The summed E-state index contributed by atoms with van der Waals surface area (Å²) in [5.41, 5.74) is 2.76. The summed E-state index contributed by atoms with van der Waals surface area (Å²) in [7, 11) is 2.19. The van der Waals surface area contributed by atoms with E-state index in [0.717, 1.165) is 13.1 Å². The van der Waals surface area contributed by atoms with Gasteiger partial charge in [0.15, 0.2) is 0 Å². The zero-order valence-electron chi connectivity index (χ0n) is 12.2. The third kappa shape index (κ3) is 3.30. The molecule has 0 radical (unpaired) electrons. The van der Waals surface area contributed by atoms with Gasteiger partial charge in [0.05, 0.1) is 12.0 Å². The predicted molar refractivity (Wildman–Crippen MR) is 83.8 cm³/mol. The molecule has 0 spiro atoms. The molecule has 0 aliphatic heterocycles. The molecule has 1 saturated carbocycles. The number of rotatable bonds is 5. The Balaban J connectivity index is 1.63. The summed E-state index contributed by atoms with van der Waals surface area (Å²) in [5.74, 6) is 0. The Morgan fingerprint density at radius 2 is 2.15 bits per heavy atom. The van der Waals surface area contributed by atoms with Gasteiger partial charge in [-0.05, 0) is 42.3 Å². The lowest BCUT2D eigenvalue weighted by Crippen LogP contribution is -2.21. The molecule has 2 aromatic heterocycles. The van der Waals surface area contributed by atoms with Gasteiger partial charge in [-0.3, -0.25) is 4.90 Å². The Labute approximate surface area is 125 Å². The van der Waals surface area contributed by atoms with Crippen molar-refractivity contribution in [3.8, 4) is 0 Å². The van der Waals surface area contributed by atoms with Crippen LogP contribution in [0.3, 0.4) is 0 Å². The number of thiophene rings is 1. The van der Waals surface area contributed by atoms with Crippen LogP contribution in [0.1, 0.15) is 49.4 Å². The van der Waals surface area contributed by atoms with E-state index in [0.29, 0.717) is 6.04 Å². The van der Waals surface area contributed by atoms with Crippen LogP contribution in [-0.4, -0.2) is 21.5 Å². The first-order valence-corrected chi connectivity index (χ1v) is 8.47. The van der Waals surface area contributed by atoms with E-state index in [1.54, 1.807) is 11.3 Å². The lowest BCUT2D eigenvalue weighted by Gasteiger charge is -2.26. The zero-order chi connectivity index (χ0) is 13.8. The first kappa shape index (κ1) is 13.8. The molecule has 3 rings (SSSR count). The number of nitrogens with zero attached hydrogens (tertiary/aromatic N) is 3. The van der Waals surface area contributed by atoms with Gasteiger partial charge in [-0.2, -0.15) is 11.3 Å². The monoisotopic (exact) mass is 289 g/mol. The highest BCUT2D eigenvalue weighted by molar-refractivity contribution is 7.07. The summed E-state index contributed by atoms with van der Waals surface area (Å²) >= 11 is 1.77. The quantitative estimate of drug-likeness (QED) is 0.827. The first-order valence-electron chi connectivity index (χ1n) is 7.53. The third-order valence-corrected chi connectivity index (χ3v) is 4.91. The molecule has 2 aromatic rings. The molecule has 1 fully saturated rings. The van der Waals surface area contributed by atoms with Crippen molar-refractivity contribution in [2.24, 2.45) is 0 Å². The fourth-order valence-corrected chi connectivity index (χ4v) is 3.83. The van der Waals surface area contributed by atoms with Gasteiger partial charge in [0.25, 0.3) is 0 Å². The topological polar surface area (TPSA) is 21.1 Å². The second-order valence-electron chi connectivity index (χ2n) is 5.89. The van der Waals surface area contributed by atoms with Crippen molar-refractivity contribution in [1.82, 2.24) is 14.5 Å². The molecule has 20 heavy (non-hydrogen) atoms. The van der Waals surface area contributed by atoms with E-state index in [1.807, 2.05) is 12.5 Å². The number of aromatic nitrogens is 2. The maximum Gasteiger partial charge on any atom is 0.0951 e. The van der Waals surface area contributed by atoms with E-state index < -0.39 is 0 Å². The van der Waals surface area contributed by atoms with Gasteiger partial charge >= 0.3 is 0 Å². The molecule has 0 unspecified atom stereocenters. The second kappa shape index (κ2) is 6.55. The summed E-state index contributed by atoms with van der Waals surface area (Å²) < 4.78 is 2.42. The minimum absolute atomic E-state index is 0.677. The van der Waals surface area contributed by atoms with E-state index >= 15 is 0 Å². The van der Waals surface area contributed by atoms with Crippen molar-refractivity contribution in [3.05, 3.63) is 40.6 Å². The third-order valence-electron chi connectivity index (χ3n) is 4.18. The van der Waals surface area contributed by atoms with Gasteiger partial charge in [-0.1, -0.05) is 19.3 Å². The molecule has 0 amide bonds. The molecule has 2 heterocycles. The fourth-order valence-electron chi connectivity index (χ4n) is 3.17. The van der Waals surface area contributed by atoms with Crippen LogP contribution in [0.15, 0.2) is 29.4 Å². The Morgan fingerprint density at radius 1 is 1.30 bits per heavy atom. The molecule has 0 atom stereocenters. The van der Waals surface area contributed by atoms with Gasteiger partial charge in [0.1, 0.15) is 0 Å². The Kier molecular flexibility index (Phi) is 4.53. The molecule has 1 aliphatic rings. The molecule has 1 aliphatic carbocycles. The molecule has 0 aromatic carbocycles. The summed E-state index contributed by atoms with van der Waals surface area (Å²) in [6.07, 6.45) is 10.8. The highest BCUT2D eigenvalue weighted by atomic mass is 32.1.